The zero-order valence-corrected chi connectivity index (χ0v) is 13.1. The van der Waals surface area contributed by atoms with Gasteiger partial charge in [0.15, 0.2) is 0 Å². The van der Waals surface area contributed by atoms with Crippen molar-refractivity contribution in [2.24, 2.45) is 11.8 Å². The van der Waals surface area contributed by atoms with Gasteiger partial charge < -0.3 is 10.2 Å². The molecule has 1 heterocycles. The number of unbranched alkanes of at least 4 members (excludes halogenated alkanes) is 1. The smallest absolute Gasteiger partial charge is 0.218 e. The molecule has 0 aromatic carbocycles. The second-order valence-electron chi connectivity index (χ2n) is 5.48. The number of nitrogens with one attached hydrogen (secondary N) is 1. The lowest BCUT2D eigenvalue weighted by molar-refractivity contribution is 0.225. The van der Waals surface area contributed by atoms with Crippen molar-refractivity contribution in [2.45, 2.75) is 59.3 Å². The van der Waals surface area contributed by atoms with Crippen LogP contribution in [0.2, 0.25) is 0 Å². The van der Waals surface area contributed by atoms with E-state index >= 15 is 0 Å². The first-order valence-corrected chi connectivity index (χ1v) is 7.59. The Morgan fingerprint density at radius 1 is 1.30 bits per heavy atom. The minimum absolute atomic E-state index is 0.243. The summed E-state index contributed by atoms with van der Waals surface area (Å²) in [7, 11) is 0. The van der Waals surface area contributed by atoms with Crippen LogP contribution in [0.25, 0.3) is 0 Å². The van der Waals surface area contributed by atoms with Gasteiger partial charge in [-0.3, -0.25) is 0 Å². The molecule has 3 N–H and O–H groups in total. The first kappa shape index (κ1) is 16.7. The maximum Gasteiger partial charge on any atom is 0.218 e. The van der Waals surface area contributed by atoms with E-state index < -0.39 is 0 Å². The maximum atomic E-state index is 5.84. The van der Waals surface area contributed by atoms with E-state index in [-0.39, 0.29) is 5.92 Å². The molecule has 0 bridgehead atoms. The van der Waals surface area contributed by atoms with E-state index in [9.17, 15) is 0 Å². The summed E-state index contributed by atoms with van der Waals surface area (Å²) in [4.78, 5) is 8.76. The van der Waals surface area contributed by atoms with Gasteiger partial charge in [-0.25, -0.2) is 10.8 Å². The molecule has 1 aromatic heterocycles. The molecule has 114 valence electrons. The van der Waals surface area contributed by atoms with Crippen molar-refractivity contribution >= 4 is 5.82 Å². The van der Waals surface area contributed by atoms with E-state index in [2.05, 4.69) is 43.1 Å². The second kappa shape index (κ2) is 8.74. The minimum atomic E-state index is 0.243. The van der Waals surface area contributed by atoms with Gasteiger partial charge in [0.25, 0.3) is 0 Å². The first-order valence-electron chi connectivity index (χ1n) is 7.59. The van der Waals surface area contributed by atoms with Gasteiger partial charge in [-0.15, -0.1) is 0 Å². The molecule has 0 aliphatic rings. The minimum Gasteiger partial charge on any atom is -0.477 e. The van der Waals surface area contributed by atoms with Crippen LogP contribution in [0, 0.1) is 5.92 Å². The summed E-state index contributed by atoms with van der Waals surface area (Å²) < 4.78 is 5.84. The highest BCUT2D eigenvalue weighted by atomic mass is 16.5. The largest absolute Gasteiger partial charge is 0.477 e. The molecule has 0 aliphatic carbocycles. The highest BCUT2D eigenvalue weighted by molar-refractivity contribution is 5.37. The van der Waals surface area contributed by atoms with Crippen molar-refractivity contribution < 1.29 is 4.74 Å². The van der Waals surface area contributed by atoms with Crippen LogP contribution in [0.5, 0.6) is 5.88 Å². The SMILES string of the molecule is CCCCC(CC)COc1cc(NN)nc(C(C)C)n1. The Kier molecular flexibility index (Phi) is 7.30. The number of nitrogens with zero attached hydrogens (tertiary/aromatic N) is 2. The van der Waals surface area contributed by atoms with Crippen LogP contribution >= 0.6 is 0 Å². The number of aromatic nitrogens is 2. The predicted octanol–water partition coefficient (Wildman–Crippen LogP) is 3.48. The topological polar surface area (TPSA) is 73.1 Å². The third-order valence-corrected chi connectivity index (χ3v) is 3.39. The van der Waals surface area contributed by atoms with Crippen molar-refractivity contribution in [3.8, 4) is 5.88 Å². The van der Waals surface area contributed by atoms with Crippen LogP contribution in [0.15, 0.2) is 6.07 Å². The number of anilines is 1. The monoisotopic (exact) mass is 280 g/mol. The number of hydrazine groups is 1. The molecule has 1 unspecified atom stereocenters. The molecule has 5 heteroatoms. The fourth-order valence-corrected chi connectivity index (χ4v) is 1.95. The third-order valence-electron chi connectivity index (χ3n) is 3.39. The summed E-state index contributed by atoms with van der Waals surface area (Å²) in [5.74, 6) is 8.22. The molecule has 0 amide bonds. The van der Waals surface area contributed by atoms with Crippen LogP contribution in [0.1, 0.15) is 65.1 Å². The summed E-state index contributed by atoms with van der Waals surface area (Å²) in [5, 5.41) is 0. The van der Waals surface area contributed by atoms with Crippen molar-refractivity contribution in [3.05, 3.63) is 11.9 Å². The summed E-state index contributed by atoms with van der Waals surface area (Å²) in [6.45, 7) is 9.22. The number of nitrogens with two attached hydrogens (primary N) is 1. The van der Waals surface area contributed by atoms with Crippen LogP contribution in [-0.4, -0.2) is 16.6 Å². The molecule has 20 heavy (non-hydrogen) atoms. The van der Waals surface area contributed by atoms with Crippen molar-refractivity contribution in [2.75, 3.05) is 12.0 Å². The van der Waals surface area contributed by atoms with Gasteiger partial charge in [0.2, 0.25) is 5.88 Å². The van der Waals surface area contributed by atoms with E-state index in [0.29, 0.717) is 24.2 Å². The van der Waals surface area contributed by atoms with E-state index in [1.54, 1.807) is 6.07 Å². The summed E-state index contributed by atoms with van der Waals surface area (Å²) in [5.41, 5.74) is 2.57. The van der Waals surface area contributed by atoms with Crippen LogP contribution in [0.4, 0.5) is 5.82 Å². The number of ether oxygens (including phenoxy) is 1. The van der Waals surface area contributed by atoms with Gasteiger partial charge in [-0.2, -0.15) is 4.98 Å². The predicted molar refractivity (Wildman–Crippen MR) is 82.7 cm³/mol. The van der Waals surface area contributed by atoms with E-state index in [1.165, 1.54) is 19.3 Å². The molecule has 0 radical (unpaired) electrons. The average Bonchev–Trinajstić information content (AvgIpc) is 2.47. The van der Waals surface area contributed by atoms with E-state index in [0.717, 1.165) is 12.2 Å². The van der Waals surface area contributed by atoms with Crippen LogP contribution in [0.3, 0.4) is 0 Å². The molecule has 0 aliphatic heterocycles. The Hall–Kier alpha value is -1.36. The first-order chi connectivity index (χ1) is 9.60. The van der Waals surface area contributed by atoms with Crippen molar-refractivity contribution in [1.29, 1.82) is 0 Å². The third kappa shape index (κ3) is 5.33. The Labute approximate surface area is 122 Å². The van der Waals surface area contributed by atoms with Gasteiger partial charge in [-0.1, -0.05) is 47.0 Å². The van der Waals surface area contributed by atoms with E-state index in [1.807, 2.05) is 0 Å². The molecule has 5 nitrogen and oxygen atoms in total. The summed E-state index contributed by atoms with van der Waals surface area (Å²) in [6.07, 6.45) is 4.81. The van der Waals surface area contributed by atoms with Crippen molar-refractivity contribution in [1.82, 2.24) is 9.97 Å². The molecule has 0 saturated heterocycles. The van der Waals surface area contributed by atoms with Gasteiger partial charge in [0.1, 0.15) is 11.6 Å². The zero-order valence-electron chi connectivity index (χ0n) is 13.1. The molecular formula is C15H28N4O. The molecule has 1 atom stereocenters. The average molecular weight is 280 g/mol. The molecule has 0 saturated carbocycles. The van der Waals surface area contributed by atoms with Gasteiger partial charge >= 0.3 is 0 Å². The number of nitrogen functional groups attached to an aromatic ring is 1. The quantitative estimate of drug-likeness (QED) is 0.535. The summed E-state index contributed by atoms with van der Waals surface area (Å²) in [6, 6.07) is 1.75. The molecule has 1 aromatic rings. The lowest BCUT2D eigenvalue weighted by atomic mass is 10.0. The van der Waals surface area contributed by atoms with Crippen LogP contribution < -0.4 is 16.0 Å². The zero-order chi connectivity index (χ0) is 15.0. The number of hydrogen-bond acceptors (Lipinski definition) is 5. The van der Waals surface area contributed by atoms with Gasteiger partial charge in [0.05, 0.1) is 6.61 Å². The highest BCUT2D eigenvalue weighted by Gasteiger charge is 2.11. The van der Waals surface area contributed by atoms with Gasteiger partial charge in [-0.05, 0) is 12.3 Å². The standard InChI is InChI=1S/C15H28N4O/c1-5-7-8-12(6-2)10-20-14-9-13(19-16)17-15(18-14)11(3)4/h9,11-12H,5-8,10,16H2,1-4H3,(H,17,18,19). The molecule has 1 rings (SSSR count). The number of rotatable bonds is 9. The van der Waals surface area contributed by atoms with Crippen LogP contribution in [-0.2, 0) is 0 Å². The Bertz CT molecular complexity index is 395. The Morgan fingerprint density at radius 3 is 2.60 bits per heavy atom. The van der Waals surface area contributed by atoms with Crippen molar-refractivity contribution in [3.63, 3.8) is 0 Å². The fraction of sp³-hybridized carbons (Fsp3) is 0.733. The Morgan fingerprint density at radius 2 is 2.05 bits per heavy atom. The molecule has 0 spiro atoms. The van der Waals surface area contributed by atoms with Gasteiger partial charge in [0, 0.05) is 12.0 Å². The summed E-state index contributed by atoms with van der Waals surface area (Å²) >= 11 is 0. The molecular weight excluding hydrogens is 252 g/mol. The fourth-order valence-electron chi connectivity index (χ4n) is 1.95. The second-order valence-corrected chi connectivity index (χ2v) is 5.48. The van der Waals surface area contributed by atoms with E-state index in [4.69, 9.17) is 10.6 Å². The normalized spacial score (nSPS) is 12.5. The lowest BCUT2D eigenvalue weighted by Crippen LogP contribution is -2.15. The number of hydrogen-bond donors (Lipinski definition) is 2. The lowest BCUT2D eigenvalue weighted by Gasteiger charge is -2.16. The highest BCUT2D eigenvalue weighted by Crippen LogP contribution is 2.20. The molecule has 0 fully saturated rings. The maximum absolute atomic E-state index is 5.84. The Balaban J connectivity index is 2.68.